The molecule has 1 fully saturated rings. The first kappa shape index (κ1) is 26.4. The number of hydrogen-bond acceptors (Lipinski definition) is 5. The van der Waals surface area contributed by atoms with Gasteiger partial charge >= 0.3 is 0 Å². The number of amides is 1. The van der Waals surface area contributed by atoms with E-state index < -0.39 is 0 Å². The van der Waals surface area contributed by atoms with Crippen molar-refractivity contribution in [2.75, 3.05) is 39.3 Å². The Kier molecular flexibility index (Phi) is 8.63. The Morgan fingerprint density at radius 3 is 2.19 bits per heavy atom. The van der Waals surface area contributed by atoms with Crippen molar-refractivity contribution in [2.45, 2.75) is 26.4 Å². The Bertz CT molecular complexity index is 1200. The van der Waals surface area contributed by atoms with Gasteiger partial charge in [0.2, 0.25) is 0 Å². The fraction of sp³-hybridized carbons (Fsp3) is 0.345. The number of carbonyl (C=O) groups is 1. The van der Waals surface area contributed by atoms with Gasteiger partial charge < -0.3 is 4.90 Å². The van der Waals surface area contributed by atoms with Crippen LogP contribution in [0, 0.1) is 15.9 Å². The molecular formula is C29H33FN4O3. The quantitative estimate of drug-likeness (QED) is 0.299. The van der Waals surface area contributed by atoms with E-state index in [2.05, 4.69) is 9.80 Å². The minimum absolute atomic E-state index is 0.00198. The van der Waals surface area contributed by atoms with E-state index in [1.54, 1.807) is 17.0 Å². The zero-order chi connectivity index (χ0) is 26.4. The van der Waals surface area contributed by atoms with Crippen LogP contribution >= 0.6 is 0 Å². The smallest absolute Gasteiger partial charge is 0.269 e. The van der Waals surface area contributed by atoms with Crippen LogP contribution in [0.3, 0.4) is 0 Å². The first-order valence-corrected chi connectivity index (χ1v) is 12.7. The Labute approximate surface area is 217 Å². The van der Waals surface area contributed by atoms with Crippen LogP contribution in [0.25, 0.3) is 0 Å². The van der Waals surface area contributed by atoms with Crippen LogP contribution in [-0.2, 0) is 6.54 Å². The van der Waals surface area contributed by atoms with Gasteiger partial charge in [-0.25, -0.2) is 4.39 Å². The molecule has 1 atom stereocenters. The van der Waals surface area contributed by atoms with Gasteiger partial charge in [-0.2, -0.15) is 0 Å². The molecule has 1 aliphatic rings. The van der Waals surface area contributed by atoms with Crippen LogP contribution in [0.4, 0.5) is 10.1 Å². The van der Waals surface area contributed by atoms with E-state index in [0.717, 1.165) is 49.4 Å². The predicted molar refractivity (Wildman–Crippen MR) is 142 cm³/mol. The van der Waals surface area contributed by atoms with E-state index in [1.807, 2.05) is 56.3 Å². The molecule has 8 heteroatoms. The molecular weight excluding hydrogens is 471 g/mol. The third kappa shape index (κ3) is 6.39. The summed E-state index contributed by atoms with van der Waals surface area (Å²) in [7, 11) is 0. The Morgan fingerprint density at radius 1 is 0.946 bits per heavy atom. The summed E-state index contributed by atoms with van der Waals surface area (Å²) in [4.78, 5) is 30.4. The standard InChI is InChI=1S/C29H33FN4O3/c1-3-32(4-2)29(35)24-12-10-23(11-13-24)28(25-6-5-7-27(20-25)34(36)37)33-18-16-31(17-19-33)21-22-8-14-26(30)15-9-22/h5-15,20,28H,3-4,16-19,21H2,1-2H3. The number of benzene rings is 3. The number of rotatable bonds is 9. The highest BCUT2D eigenvalue weighted by atomic mass is 19.1. The highest BCUT2D eigenvalue weighted by molar-refractivity contribution is 5.94. The average molecular weight is 505 g/mol. The molecule has 194 valence electrons. The van der Waals surface area contributed by atoms with Gasteiger partial charge in [-0.05, 0) is 54.8 Å². The molecule has 0 N–H and O–H groups in total. The minimum atomic E-state index is -0.368. The second kappa shape index (κ2) is 12.1. The maximum Gasteiger partial charge on any atom is 0.269 e. The molecule has 1 unspecified atom stereocenters. The van der Waals surface area contributed by atoms with Crippen molar-refractivity contribution in [2.24, 2.45) is 0 Å². The maximum absolute atomic E-state index is 13.3. The average Bonchev–Trinajstić information content (AvgIpc) is 2.92. The van der Waals surface area contributed by atoms with Gasteiger partial charge in [0.1, 0.15) is 5.82 Å². The molecule has 4 rings (SSSR count). The molecule has 3 aromatic carbocycles. The summed E-state index contributed by atoms with van der Waals surface area (Å²) < 4.78 is 13.3. The summed E-state index contributed by atoms with van der Waals surface area (Å²) in [6, 6.07) is 20.9. The monoisotopic (exact) mass is 504 g/mol. The summed E-state index contributed by atoms with van der Waals surface area (Å²) >= 11 is 0. The molecule has 0 aliphatic carbocycles. The zero-order valence-electron chi connectivity index (χ0n) is 21.3. The first-order valence-electron chi connectivity index (χ1n) is 12.7. The third-order valence-corrected chi connectivity index (χ3v) is 7.01. The highest BCUT2D eigenvalue weighted by Crippen LogP contribution is 2.32. The van der Waals surface area contributed by atoms with Gasteiger partial charge in [0.15, 0.2) is 0 Å². The summed E-state index contributed by atoms with van der Waals surface area (Å²) in [6.45, 7) is 9.16. The number of piperazine rings is 1. The number of nitro benzene ring substituents is 1. The lowest BCUT2D eigenvalue weighted by molar-refractivity contribution is -0.384. The summed E-state index contributed by atoms with van der Waals surface area (Å²) in [5.74, 6) is -0.240. The molecule has 1 saturated heterocycles. The first-order chi connectivity index (χ1) is 17.9. The Morgan fingerprint density at radius 2 is 1.59 bits per heavy atom. The topological polar surface area (TPSA) is 69.9 Å². The fourth-order valence-electron chi connectivity index (χ4n) is 4.95. The van der Waals surface area contributed by atoms with Crippen LogP contribution in [0.5, 0.6) is 0 Å². The molecule has 0 spiro atoms. The van der Waals surface area contributed by atoms with Gasteiger partial charge in [0, 0.05) is 63.5 Å². The van der Waals surface area contributed by atoms with Crippen molar-refractivity contribution in [1.82, 2.24) is 14.7 Å². The predicted octanol–water partition coefficient (Wildman–Crippen LogP) is 5.12. The molecule has 1 aliphatic heterocycles. The second-order valence-corrected chi connectivity index (χ2v) is 9.29. The normalized spacial score (nSPS) is 15.3. The summed E-state index contributed by atoms with van der Waals surface area (Å²) in [5, 5.41) is 11.5. The van der Waals surface area contributed by atoms with Crippen molar-refractivity contribution in [3.05, 3.63) is 111 Å². The summed E-state index contributed by atoms with van der Waals surface area (Å²) in [5.41, 5.74) is 3.60. The van der Waals surface area contributed by atoms with E-state index in [9.17, 15) is 19.3 Å². The van der Waals surface area contributed by atoms with Crippen molar-refractivity contribution < 1.29 is 14.1 Å². The zero-order valence-corrected chi connectivity index (χ0v) is 21.3. The van der Waals surface area contributed by atoms with Crippen molar-refractivity contribution in [3.63, 3.8) is 0 Å². The van der Waals surface area contributed by atoms with Crippen LogP contribution in [0.15, 0.2) is 72.8 Å². The number of hydrogen-bond donors (Lipinski definition) is 0. The lowest BCUT2D eigenvalue weighted by atomic mass is 9.95. The molecule has 3 aromatic rings. The Hall–Kier alpha value is -3.62. The number of non-ortho nitro benzene ring substituents is 1. The lowest BCUT2D eigenvalue weighted by Crippen LogP contribution is -2.47. The molecule has 1 heterocycles. The van der Waals surface area contributed by atoms with Gasteiger partial charge in [0.25, 0.3) is 11.6 Å². The highest BCUT2D eigenvalue weighted by Gasteiger charge is 2.28. The third-order valence-electron chi connectivity index (χ3n) is 7.01. The number of carbonyl (C=O) groups excluding carboxylic acids is 1. The second-order valence-electron chi connectivity index (χ2n) is 9.29. The van der Waals surface area contributed by atoms with Crippen molar-refractivity contribution in [1.29, 1.82) is 0 Å². The molecule has 1 amide bonds. The van der Waals surface area contributed by atoms with E-state index in [0.29, 0.717) is 18.7 Å². The molecule has 7 nitrogen and oxygen atoms in total. The fourth-order valence-corrected chi connectivity index (χ4v) is 4.95. The number of nitro groups is 1. The summed E-state index contributed by atoms with van der Waals surface area (Å²) in [6.07, 6.45) is 0. The molecule has 0 radical (unpaired) electrons. The van der Waals surface area contributed by atoms with E-state index in [4.69, 9.17) is 0 Å². The van der Waals surface area contributed by atoms with Crippen molar-refractivity contribution >= 4 is 11.6 Å². The molecule has 0 aromatic heterocycles. The van der Waals surface area contributed by atoms with Gasteiger partial charge in [-0.15, -0.1) is 0 Å². The van der Waals surface area contributed by atoms with Gasteiger partial charge in [-0.3, -0.25) is 24.7 Å². The number of halogens is 1. The lowest BCUT2D eigenvalue weighted by Gasteiger charge is -2.39. The maximum atomic E-state index is 13.3. The van der Waals surface area contributed by atoms with E-state index >= 15 is 0 Å². The Balaban J connectivity index is 1.56. The van der Waals surface area contributed by atoms with Crippen LogP contribution in [0.1, 0.15) is 46.9 Å². The van der Waals surface area contributed by atoms with Gasteiger partial charge in [-0.1, -0.05) is 36.4 Å². The van der Waals surface area contributed by atoms with Crippen molar-refractivity contribution in [3.8, 4) is 0 Å². The van der Waals surface area contributed by atoms with Gasteiger partial charge in [0.05, 0.1) is 11.0 Å². The SMILES string of the molecule is CCN(CC)C(=O)c1ccc(C(c2cccc([N+](=O)[O-])c2)N2CCN(Cc3ccc(F)cc3)CC2)cc1. The van der Waals surface area contributed by atoms with E-state index in [-0.39, 0.29) is 28.4 Å². The van der Waals surface area contributed by atoms with Crippen LogP contribution in [-0.4, -0.2) is 64.8 Å². The van der Waals surface area contributed by atoms with E-state index in [1.165, 1.54) is 18.2 Å². The molecule has 37 heavy (non-hydrogen) atoms. The molecule has 0 bridgehead atoms. The van der Waals surface area contributed by atoms with Crippen LogP contribution < -0.4 is 0 Å². The number of nitrogens with zero attached hydrogens (tertiary/aromatic N) is 4. The minimum Gasteiger partial charge on any atom is -0.339 e. The molecule has 0 saturated carbocycles. The van der Waals surface area contributed by atoms with Crippen LogP contribution in [0.2, 0.25) is 0 Å². The largest absolute Gasteiger partial charge is 0.339 e.